The molecule has 0 unspecified atom stereocenters. The zero-order valence-corrected chi connectivity index (χ0v) is 11.4. The highest BCUT2D eigenvalue weighted by atomic mass is 16.7. The van der Waals surface area contributed by atoms with Crippen LogP contribution in [0.1, 0.15) is 34.6 Å². The summed E-state index contributed by atoms with van der Waals surface area (Å²) >= 11 is 0. The van der Waals surface area contributed by atoms with E-state index in [1.54, 1.807) is 0 Å². The number of ether oxygens (including phenoxy) is 4. The summed E-state index contributed by atoms with van der Waals surface area (Å²) in [5.74, 6) is -0.385. The molecule has 0 aliphatic rings. The lowest BCUT2D eigenvalue weighted by atomic mass is 10.2. The van der Waals surface area contributed by atoms with E-state index in [-0.39, 0.29) is 19.2 Å². The highest BCUT2D eigenvalue weighted by Crippen LogP contribution is 2.07. The summed E-state index contributed by atoms with van der Waals surface area (Å²) in [5.41, 5.74) is -0.486. The van der Waals surface area contributed by atoms with Gasteiger partial charge in [-0.15, -0.1) is 0 Å². The van der Waals surface area contributed by atoms with Gasteiger partial charge in [0.1, 0.15) is 12.2 Å². The molecule has 0 aromatic rings. The topological polar surface area (TPSA) is 54.0 Å². The smallest absolute Gasteiger partial charge is 0.332 e. The van der Waals surface area contributed by atoms with E-state index >= 15 is 0 Å². The maximum Gasteiger partial charge on any atom is 0.332 e. The van der Waals surface area contributed by atoms with Crippen LogP contribution in [0.3, 0.4) is 0 Å². The van der Waals surface area contributed by atoms with Crippen LogP contribution in [0.25, 0.3) is 0 Å². The normalized spacial score (nSPS) is 11.9. The fourth-order valence-electron chi connectivity index (χ4n) is 1.13. The number of esters is 1. The molecule has 0 spiro atoms. The first kappa shape index (κ1) is 16.4. The maximum absolute atomic E-state index is 11.3. The number of hydrogen-bond acceptors (Lipinski definition) is 5. The van der Waals surface area contributed by atoms with E-state index in [1.807, 2.05) is 34.6 Å². The number of hydrogen-bond donors (Lipinski definition) is 0. The third-order valence-corrected chi connectivity index (χ3v) is 1.60. The first-order chi connectivity index (χ1) is 7.89. The zero-order chi connectivity index (χ0) is 13.3. The zero-order valence-electron chi connectivity index (χ0n) is 11.4. The van der Waals surface area contributed by atoms with Crippen LogP contribution in [0.4, 0.5) is 0 Å². The number of rotatable bonds is 8. The summed E-state index contributed by atoms with van der Waals surface area (Å²) < 4.78 is 20.8. The molecule has 0 aromatic heterocycles. The quantitative estimate of drug-likeness (QED) is 0.484. The Hall–Kier alpha value is -0.650. The van der Waals surface area contributed by atoms with Crippen LogP contribution in [-0.2, 0) is 23.7 Å². The number of carbonyl (C=O) groups excluding carboxylic acids is 1. The predicted molar refractivity (Wildman–Crippen MR) is 63.7 cm³/mol. The predicted octanol–water partition coefficient (Wildman–Crippen LogP) is 1.74. The van der Waals surface area contributed by atoms with Crippen LogP contribution in [0.2, 0.25) is 0 Å². The van der Waals surface area contributed by atoms with Crippen LogP contribution in [-0.4, -0.2) is 44.3 Å². The van der Waals surface area contributed by atoms with Crippen LogP contribution >= 0.6 is 0 Å². The summed E-state index contributed by atoms with van der Waals surface area (Å²) in [6.07, 6.45) is -0.424. The molecular formula is C12H24O5. The third-order valence-electron chi connectivity index (χ3n) is 1.60. The molecule has 0 heterocycles. The van der Waals surface area contributed by atoms with Crippen molar-refractivity contribution in [2.75, 3.05) is 26.4 Å². The van der Waals surface area contributed by atoms with Crippen molar-refractivity contribution in [2.45, 2.75) is 46.5 Å². The van der Waals surface area contributed by atoms with Gasteiger partial charge < -0.3 is 18.9 Å². The van der Waals surface area contributed by atoms with Gasteiger partial charge in [0.2, 0.25) is 0 Å². The van der Waals surface area contributed by atoms with E-state index < -0.39 is 11.9 Å². The first-order valence-electron chi connectivity index (χ1n) is 5.91. The summed E-state index contributed by atoms with van der Waals surface area (Å²) in [6.45, 7) is 10.4. The molecule has 0 fully saturated rings. The second-order valence-electron chi connectivity index (χ2n) is 4.44. The van der Waals surface area contributed by atoms with Crippen molar-refractivity contribution < 1.29 is 23.7 Å². The monoisotopic (exact) mass is 248 g/mol. The van der Waals surface area contributed by atoms with E-state index in [9.17, 15) is 4.79 Å². The summed E-state index contributed by atoms with van der Waals surface area (Å²) in [4.78, 5) is 11.3. The van der Waals surface area contributed by atoms with E-state index in [0.29, 0.717) is 13.2 Å². The van der Waals surface area contributed by atoms with Crippen molar-refractivity contribution in [2.24, 2.45) is 0 Å². The lowest BCUT2D eigenvalue weighted by Gasteiger charge is -2.20. The largest absolute Gasteiger partial charge is 0.458 e. The van der Waals surface area contributed by atoms with Crippen molar-refractivity contribution in [3.05, 3.63) is 0 Å². The molecule has 0 amide bonds. The summed E-state index contributed by atoms with van der Waals surface area (Å²) in [7, 11) is 0. The Kier molecular flexibility index (Phi) is 8.12. The van der Waals surface area contributed by atoms with E-state index in [1.165, 1.54) is 0 Å². The van der Waals surface area contributed by atoms with Crippen LogP contribution < -0.4 is 0 Å². The van der Waals surface area contributed by atoms with Gasteiger partial charge >= 0.3 is 5.97 Å². The molecule has 0 aromatic carbocycles. The molecule has 5 nitrogen and oxygen atoms in total. The van der Waals surface area contributed by atoms with Crippen molar-refractivity contribution in [3.8, 4) is 0 Å². The van der Waals surface area contributed by atoms with Gasteiger partial charge in [-0.1, -0.05) is 0 Å². The van der Waals surface area contributed by atoms with Gasteiger partial charge in [-0.25, -0.2) is 4.79 Å². The Morgan fingerprint density at radius 2 is 1.65 bits per heavy atom. The van der Waals surface area contributed by atoms with Crippen molar-refractivity contribution >= 4 is 5.97 Å². The van der Waals surface area contributed by atoms with E-state index in [0.717, 1.165) is 0 Å². The SMILES string of the molecule is CCOC(COCC(=O)OC(C)(C)C)OCC. The Balaban J connectivity index is 3.76. The second kappa shape index (κ2) is 8.44. The molecule has 0 rings (SSSR count). The molecule has 0 aliphatic carbocycles. The van der Waals surface area contributed by atoms with Crippen LogP contribution in [0.5, 0.6) is 0 Å². The molecule has 0 saturated carbocycles. The Morgan fingerprint density at radius 1 is 1.12 bits per heavy atom. The summed E-state index contributed by atoms with van der Waals surface area (Å²) in [5, 5.41) is 0. The molecule has 0 aliphatic heterocycles. The molecular weight excluding hydrogens is 224 g/mol. The highest BCUT2D eigenvalue weighted by Gasteiger charge is 2.17. The Bertz CT molecular complexity index is 203. The molecule has 102 valence electrons. The van der Waals surface area contributed by atoms with Gasteiger partial charge in [0.25, 0.3) is 0 Å². The van der Waals surface area contributed by atoms with Gasteiger partial charge in [0.05, 0.1) is 6.61 Å². The fraction of sp³-hybridized carbons (Fsp3) is 0.917. The average Bonchev–Trinajstić information content (AvgIpc) is 2.15. The fourth-order valence-corrected chi connectivity index (χ4v) is 1.13. The maximum atomic E-state index is 11.3. The third kappa shape index (κ3) is 10.2. The van der Waals surface area contributed by atoms with Gasteiger partial charge in [0.15, 0.2) is 6.29 Å². The van der Waals surface area contributed by atoms with Gasteiger partial charge in [-0.3, -0.25) is 0 Å². The minimum atomic E-state index is -0.486. The molecule has 5 heteroatoms. The van der Waals surface area contributed by atoms with Crippen LogP contribution in [0, 0.1) is 0 Å². The van der Waals surface area contributed by atoms with E-state index in [2.05, 4.69) is 0 Å². The minimum Gasteiger partial charge on any atom is -0.458 e. The van der Waals surface area contributed by atoms with Crippen molar-refractivity contribution in [3.63, 3.8) is 0 Å². The van der Waals surface area contributed by atoms with Crippen LogP contribution in [0.15, 0.2) is 0 Å². The lowest BCUT2D eigenvalue weighted by Crippen LogP contribution is -2.29. The molecule has 0 N–H and O–H groups in total. The molecule has 0 bridgehead atoms. The van der Waals surface area contributed by atoms with E-state index in [4.69, 9.17) is 18.9 Å². The first-order valence-corrected chi connectivity index (χ1v) is 5.91. The van der Waals surface area contributed by atoms with Gasteiger partial charge in [-0.05, 0) is 34.6 Å². The lowest BCUT2D eigenvalue weighted by molar-refractivity contribution is -0.179. The minimum absolute atomic E-state index is 0.0894. The molecule has 17 heavy (non-hydrogen) atoms. The van der Waals surface area contributed by atoms with Gasteiger partial charge in [0, 0.05) is 13.2 Å². The van der Waals surface area contributed by atoms with Crippen molar-refractivity contribution in [1.29, 1.82) is 0 Å². The average molecular weight is 248 g/mol. The van der Waals surface area contributed by atoms with Crippen molar-refractivity contribution in [1.82, 2.24) is 0 Å². The molecule has 0 radical (unpaired) electrons. The second-order valence-corrected chi connectivity index (χ2v) is 4.44. The molecule has 0 atom stereocenters. The van der Waals surface area contributed by atoms with Gasteiger partial charge in [-0.2, -0.15) is 0 Å². The standard InChI is InChI=1S/C12H24O5/c1-6-15-11(16-7-2)9-14-8-10(13)17-12(3,4)5/h11H,6-9H2,1-5H3. The highest BCUT2D eigenvalue weighted by molar-refractivity contribution is 5.71. The Morgan fingerprint density at radius 3 is 2.06 bits per heavy atom. The molecule has 0 saturated heterocycles. The Labute approximate surface area is 103 Å². The summed E-state index contributed by atoms with van der Waals surface area (Å²) in [6, 6.07) is 0. The number of carbonyl (C=O) groups is 1.